The summed E-state index contributed by atoms with van der Waals surface area (Å²) in [5.74, 6) is 0.252. The van der Waals surface area contributed by atoms with Gasteiger partial charge in [-0.2, -0.15) is 0 Å². The number of carbonyl (C=O) groups is 1. The summed E-state index contributed by atoms with van der Waals surface area (Å²) in [6.45, 7) is 3.07. The first-order chi connectivity index (χ1) is 11.5. The highest BCUT2D eigenvalue weighted by Crippen LogP contribution is 2.28. The Morgan fingerprint density at radius 2 is 2.17 bits per heavy atom. The Balaban J connectivity index is 1.84. The van der Waals surface area contributed by atoms with Crippen LogP contribution < -0.4 is 5.32 Å². The van der Waals surface area contributed by atoms with Gasteiger partial charge in [0.1, 0.15) is 0 Å². The molecule has 24 heavy (non-hydrogen) atoms. The van der Waals surface area contributed by atoms with E-state index in [1.54, 1.807) is 18.4 Å². The second-order valence-corrected chi connectivity index (χ2v) is 6.92. The van der Waals surface area contributed by atoms with Crippen molar-refractivity contribution in [3.05, 3.63) is 33.9 Å². The zero-order valence-electron chi connectivity index (χ0n) is 14.1. The minimum Gasteiger partial charge on any atom is -0.376 e. The van der Waals surface area contributed by atoms with Gasteiger partial charge in [-0.25, -0.2) is 0 Å². The van der Waals surface area contributed by atoms with E-state index in [-0.39, 0.29) is 17.7 Å². The van der Waals surface area contributed by atoms with Gasteiger partial charge in [-0.05, 0) is 37.1 Å². The average Bonchev–Trinajstić information content (AvgIpc) is 2.59. The number of ether oxygens (including phenoxy) is 1. The number of thioether (sulfide) groups is 1. The summed E-state index contributed by atoms with van der Waals surface area (Å²) in [4.78, 5) is 23.3. The Kier molecular flexibility index (Phi) is 7.05. The molecule has 1 fully saturated rings. The smallest absolute Gasteiger partial charge is 0.283 e. The lowest BCUT2D eigenvalue weighted by Gasteiger charge is -2.28. The highest BCUT2D eigenvalue weighted by Gasteiger charge is 2.21. The van der Waals surface area contributed by atoms with Crippen molar-refractivity contribution in [3.63, 3.8) is 0 Å². The van der Waals surface area contributed by atoms with Crippen molar-refractivity contribution in [2.75, 3.05) is 19.4 Å². The third kappa shape index (κ3) is 4.95. The zero-order valence-corrected chi connectivity index (χ0v) is 14.9. The molecule has 1 N–H and O–H groups in total. The second-order valence-electron chi connectivity index (χ2n) is 6.07. The van der Waals surface area contributed by atoms with Gasteiger partial charge in [-0.3, -0.25) is 14.9 Å². The molecule has 0 saturated heterocycles. The van der Waals surface area contributed by atoms with Crippen molar-refractivity contribution in [1.29, 1.82) is 0 Å². The number of hydrogen-bond donors (Lipinski definition) is 1. The first-order valence-corrected chi connectivity index (χ1v) is 9.47. The van der Waals surface area contributed by atoms with E-state index in [0.717, 1.165) is 6.42 Å². The number of rotatable bonds is 7. The summed E-state index contributed by atoms with van der Waals surface area (Å²) in [7, 11) is 0. The standard InChI is InChI=1S/C17H24N2O4S/c1-12-5-3-4-6-15(12)23-10-9-18-17(20)13-7-8-16(24-2)14(11-13)19(21)22/h7-8,11-12,15H,3-6,9-10H2,1-2H3,(H,18,20). The molecule has 0 radical (unpaired) electrons. The van der Waals surface area contributed by atoms with E-state index in [9.17, 15) is 14.9 Å². The van der Waals surface area contributed by atoms with Gasteiger partial charge in [0.15, 0.2) is 0 Å². The van der Waals surface area contributed by atoms with Crippen molar-refractivity contribution in [2.24, 2.45) is 5.92 Å². The Bertz CT molecular complexity index is 594. The SMILES string of the molecule is CSc1ccc(C(=O)NCCOC2CCCCC2C)cc1[N+](=O)[O-]. The van der Waals surface area contributed by atoms with Crippen molar-refractivity contribution in [2.45, 2.75) is 43.6 Å². The molecule has 1 aromatic rings. The molecule has 0 bridgehead atoms. The van der Waals surface area contributed by atoms with Crippen molar-refractivity contribution in [1.82, 2.24) is 5.32 Å². The number of amides is 1. The summed E-state index contributed by atoms with van der Waals surface area (Å²) in [6.07, 6.45) is 6.79. The molecule has 2 atom stereocenters. The summed E-state index contributed by atoms with van der Waals surface area (Å²) >= 11 is 1.29. The topological polar surface area (TPSA) is 81.5 Å². The molecule has 1 amide bonds. The molecule has 0 aromatic heterocycles. The van der Waals surface area contributed by atoms with Crippen LogP contribution in [0.4, 0.5) is 5.69 Å². The molecule has 1 aromatic carbocycles. The Morgan fingerprint density at radius 1 is 1.42 bits per heavy atom. The Labute approximate surface area is 146 Å². The van der Waals surface area contributed by atoms with Crippen LogP contribution in [0.5, 0.6) is 0 Å². The summed E-state index contributed by atoms with van der Waals surface area (Å²) in [6, 6.07) is 4.54. The van der Waals surface area contributed by atoms with Crippen LogP contribution in [0, 0.1) is 16.0 Å². The van der Waals surface area contributed by atoms with Crippen LogP contribution in [-0.2, 0) is 4.74 Å². The molecule has 1 saturated carbocycles. The number of hydrogen-bond acceptors (Lipinski definition) is 5. The van der Waals surface area contributed by atoms with Crippen molar-refractivity contribution >= 4 is 23.4 Å². The van der Waals surface area contributed by atoms with Crippen molar-refractivity contribution in [3.8, 4) is 0 Å². The van der Waals surface area contributed by atoms with E-state index < -0.39 is 4.92 Å². The van der Waals surface area contributed by atoms with Crippen LogP contribution in [0.1, 0.15) is 43.0 Å². The molecular formula is C17H24N2O4S. The normalized spacial score (nSPS) is 20.6. The molecule has 1 aliphatic carbocycles. The molecule has 0 spiro atoms. The molecule has 0 heterocycles. The third-order valence-electron chi connectivity index (χ3n) is 4.39. The van der Waals surface area contributed by atoms with Gasteiger partial charge >= 0.3 is 0 Å². The van der Waals surface area contributed by atoms with Gasteiger partial charge in [0.25, 0.3) is 11.6 Å². The van der Waals surface area contributed by atoms with E-state index >= 15 is 0 Å². The van der Waals surface area contributed by atoms with Gasteiger partial charge < -0.3 is 10.1 Å². The fourth-order valence-electron chi connectivity index (χ4n) is 2.98. The lowest BCUT2D eigenvalue weighted by atomic mass is 9.88. The highest BCUT2D eigenvalue weighted by molar-refractivity contribution is 7.98. The molecule has 7 heteroatoms. The van der Waals surface area contributed by atoms with E-state index in [0.29, 0.717) is 29.5 Å². The van der Waals surface area contributed by atoms with Gasteiger partial charge in [-0.1, -0.05) is 19.8 Å². The fraction of sp³-hybridized carbons (Fsp3) is 0.588. The summed E-state index contributed by atoms with van der Waals surface area (Å²) in [5, 5.41) is 13.8. The number of nitro groups is 1. The molecular weight excluding hydrogens is 328 g/mol. The first-order valence-electron chi connectivity index (χ1n) is 8.25. The molecule has 1 aliphatic rings. The lowest BCUT2D eigenvalue weighted by Crippen LogP contribution is -2.31. The van der Waals surface area contributed by atoms with Gasteiger partial charge in [0.05, 0.1) is 22.5 Å². The minimum absolute atomic E-state index is 0.0394. The number of carbonyl (C=O) groups excluding carboxylic acids is 1. The van der Waals surface area contributed by atoms with E-state index in [1.165, 1.54) is 37.1 Å². The quantitative estimate of drug-likeness (QED) is 0.351. The highest BCUT2D eigenvalue weighted by atomic mass is 32.2. The van der Waals surface area contributed by atoms with Crippen LogP contribution in [0.15, 0.2) is 23.1 Å². The summed E-state index contributed by atoms with van der Waals surface area (Å²) < 4.78 is 5.85. The number of nitro benzene ring substituents is 1. The third-order valence-corrected chi connectivity index (χ3v) is 5.18. The van der Waals surface area contributed by atoms with Crippen LogP contribution in [-0.4, -0.2) is 36.3 Å². The number of nitrogens with one attached hydrogen (secondary N) is 1. The summed E-state index contributed by atoms with van der Waals surface area (Å²) in [5.41, 5.74) is 0.257. The Morgan fingerprint density at radius 3 is 2.83 bits per heavy atom. The predicted octanol–water partition coefficient (Wildman–Crippen LogP) is 3.64. The zero-order chi connectivity index (χ0) is 17.5. The van der Waals surface area contributed by atoms with Crippen LogP contribution in [0.25, 0.3) is 0 Å². The van der Waals surface area contributed by atoms with E-state index in [2.05, 4.69) is 12.2 Å². The maximum Gasteiger partial charge on any atom is 0.283 e. The maximum absolute atomic E-state index is 12.1. The monoisotopic (exact) mass is 352 g/mol. The minimum atomic E-state index is -0.462. The number of nitrogens with zero attached hydrogens (tertiary/aromatic N) is 1. The molecule has 132 valence electrons. The molecule has 0 aliphatic heterocycles. The van der Waals surface area contributed by atoms with Crippen molar-refractivity contribution < 1.29 is 14.5 Å². The average molecular weight is 352 g/mol. The Hall–Kier alpha value is -1.60. The van der Waals surface area contributed by atoms with Crippen LogP contribution in [0.3, 0.4) is 0 Å². The lowest BCUT2D eigenvalue weighted by molar-refractivity contribution is -0.387. The first kappa shape index (κ1) is 18.7. The fourth-order valence-corrected chi connectivity index (χ4v) is 3.53. The van der Waals surface area contributed by atoms with Gasteiger partial charge in [-0.15, -0.1) is 11.8 Å². The molecule has 2 unspecified atom stereocenters. The van der Waals surface area contributed by atoms with E-state index in [1.807, 2.05) is 0 Å². The van der Waals surface area contributed by atoms with E-state index in [4.69, 9.17) is 4.74 Å². The molecule has 2 rings (SSSR count). The largest absolute Gasteiger partial charge is 0.376 e. The number of benzene rings is 1. The molecule has 6 nitrogen and oxygen atoms in total. The predicted molar refractivity (Wildman–Crippen MR) is 94.6 cm³/mol. The maximum atomic E-state index is 12.1. The van der Waals surface area contributed by atoms with Crippen LogP contribution >= 0.6 is 11.8 Å². The van der Waals surface area contributed by atoms with Gasteiger partial charge in [0, 0.05) is 18.2 Å². The van der Waals surface area contributed by atoms with Crippen LogP contribution in [0.2, 0.25) is 0 Å². The second kappa shape index (κ2) is 9.03. The van der Waals surface area contributed by atoms with Gasteiger partial charge in [0.2, 0.25) is 0 Å².